The lowest BCUT2D eigenvalue weighted by atomic mass is 10.0. The molecular formula is C12H12F2O4. The monoisotopic (exact) mass is 258 g/mol. The lowest BCUT2D eigenvalue weighted by molar-refractivity contribution is -0.136. The number of hydrogen-bond acceptors (Lipinski definition) is 3. The van der Waals surface area contributed by atoms with E-state index >= 15 is 0 Å². The molecule has 0 aromatic heterocycles. The summed E-state index contributed by atoms with van der Waals surface area (Å²) in [5, 5.41) is 8.69. The SMILES string of the molecule is CC(=O)Cc1cccc(CC(=O)O)c1OC(F)F. The molecule has 0 radical (unpaired) electrons. The summed E-state index contributed by atoms with van der Waals surface area (Å²) in [6.45, 7) is -1.75. The van der Waals surface area contributed by atoms with Crippen LogP contribution in [-0.2, 0) is 22.4 Å². The van der Waals surface area contributed by atoms with Crippen LogP contribution in [0.15, 0.2) is 18.2 Å². The third-order valence-electron chi connectivity index (χ3n) is 2.17. The zero-order chi connectivity index (χ0) is 13.7. The summed E-state index contributed by atoms with van der Waals surface area (Å²) in [5.74, 6) is -1.60. The highest BCUT2D eigenvalue weighted by Crippen LogP contribution is 2.27. The minimum atomic E-state index is -3.06. The van der Waals surface area contributed by atoms with Crippen LogP contribution in [-0.4, -0.2) is 23.5 Å². The van der Waals surface area contributed by atoms with Crippen LogP contribution in [0.5, 0.6) is 5.75 Å². The third kappa shape index (κ3) is 4.12. The van der Waals surface area contributed by atoms with Crippen molar-refractivity contribution in [2.75, 3.05) is 0 Å². The van der Waals surface area contributed by atoms with Gasteiger partial charge in [0.25, 0.3) is 0 Å². The minimum absolute atomic E-state index is 0.0739. The predicted octanol–water partition coefficient (Wildman–Crippen LogP) is 2.05. The summed E-state index contributed by atoms with van der Waals surface area (Å²) in [7, 11) is 0. The molecule has 0 fully saturated rings. The van der Waals surface area contributed by atoms with Crippen molar-refractivity contribution in [2.24, 2.45) is 0 Å². The molecule has 0 aliphatic rings. The van der Waals surface area contributed by atoms with Crippen LogP contribution >= 0.6 is 0 Å². The maximum atomic E-state index is 12.3. The van der Waals surface area contributed by atoms with Crippen molar-refractivity contribution in [2.45, 2.75) is 26.4 Å². The first-order chi connectivity index (χ1) is 8.40. The molecule has 0 saturated carbocycles. The van der Waals surface area contributed by atoms with E-state index in [-0.39, 0.29) is 29.1 Å². The molecule has 0 aliphatic carbocycles. The molecule has 18 heavy (non-hydrogen) atoms. The molecule has 0 atom stereocenters. The smallest absolute Gasteiger partial charge is 0.387 e. The number of alkyl halides is 2. The number of halogens is 2. The number of carbonyl (C=O) groups excluding carboxylic acids is 1. The normalized spacial score (nSPS) is 10.4. The number of Topliss-reactive ketones (excluding diaryl/α,β-unsaturated/α-hetero) is 1. The van der Waals surface area contributed by atoms with E-state index in [0.29, 0.717) is 0 Å². The summed E-state index contributed by atoms with van der Waals surface area (Å²) >= 11 is 0. The molecule has 0 heterocycles. The van der Waals surface area contributed by atoms with E-state index in [1.165, 1.54) is 25.1 Å². The molecular weight excluding hydrogens is 246 g/mol. The Morgan fingerprint density at radius 1 is 1.28 bits per heavy atom. The number of carbonyl (C=O) groups is 2. The predicted molar refractivity (Wildman–Crippen MR) is 58.8 cm³/mol. The van der Waals surface area contributed by atoms with Crippen molar-refractivity contribution in [3.63, 3.8) is 0 Å². The Kier molecular flexibility index (Phi) is 4.76. The fourth-order valence-electron chi connectivity index (χ4n) is 1.59. The average Bonchev–Trinajstić information content (AvgIpc) is 2.20. The molecule has 1 aromatic carbocycles. The van der Waals surface area contributed by atoms with E-state index in [0.717, 1.165) is 0 Å². The number of aliphatic carboxylic acids is 1. The first kappa shape index (κ1) is 14.1. The van der Waals surface area contributed by atoms with Gasteiger partial charge in [-0.15, -0.1) is 0 Å². The van der Waals surface area contributed by atoms with Gasteiger partial charge in [-0.2, -0.15) is 8.78 Å². The van der Waals surface area contributed by atoms with E-state index in [1.54, 1.807) is 0 Å². The summed E-state index contributed by atoms with van der Waals surface area (Å²) in [6.07, 6.45) is -0.511. The largest absolute Gasteiger partial charge is 0.481 e. The zero-order valence-electron chi connectivity index (χ0n) is 9.65. The highest BCUT2D eigenvalue weighted by molar-refractivity contribution is 5.79. The lowest BCUT2D eigenvalue weighted by Crippen LogP contribution is -2.11. The number of rotatable bonds is 6. The molecule has 1 rings (SSSR count). The molecule has 0 bridgehead atoms. The first-order valence-electron chi connectivity index (χ1n) is 5.17. The molecule has 0 saturated heterocycles. The summed E-state index contributed by atoms with van der Waals surface area (Å²) < 4.78 is 28.9. The van der Waals surface area contributed by atoms with Gasteiger partial charge in [-0.05, 0) is 6.92 Å². The van der Waals surface area contributed by atoms with Crippen LogP contribution in [0, 0.1) is 0 Å². The summed E-state index contributed by atoms with van der Waals surface area (Å²) in [4.78, 5) is 21.7. The number of para-hydroxylation sites is 1. The van der Waals surface area contributed by atoms with Gasteiger partial charge in [-0.3, -0.25) is 9.59 Å². The van der Waals surface area contributed by atoms with E-state index < -0.39 is 19.0 Å². The zero-order valence-corrected chi connectivity index (χ0v) is 9.65. The Morgan fingerprint density at radius 3 is 2.28 bits per heavy atom. The molecule has 0 amide bonds. The van der Waals surface area contributed by atoms with Gasteiger partial charge in [0.15, 0.2) is 0 Å². The highest BCUT2D eigenvalue weighted by atomic mass is 19.3. The van der Waals surface area contributed by atoms with Gasteiger partial charge in [0.2, 0.25) is 0 Å². The van der Waals surface area contributed by atoms with Crippen LogP contribution in [0.1, 0.15) is 18.1 Å². The topological polar surface area (TPSA) is 63.6 Å². The van der Waals surface area contributed by atoms with Crippen molar-refractivity contribution in [1.82, 2.24) is 0 Å². The first-order valence-corrected chi connectivity index (χ1v) is 5.17. The quantitative estimate of drug-likeness (QED) is 0.848. The maximum Gasteiger partial charge on any atom is 0.387 e. The van der Waals surface area contributed by atoms with E-state index in [9.17, 15) is 18.4 Å². The van der Waals surface area contributed by atoms with Crippen molar-refractivity contribution in [1.29, 1.82) is 0 Å². The maximum absolute atomic E-state index is 12.3. The molecule has 4 nitrogen and oxygen atoms in total. The Balaban J connectivity index is 3.15. The number of hydrogen-bond donors (Lipinski definition) is 1. The van der Waals surface area contributed by atoms with Crippen LogP contribution in [0.2, 0.25) is 0 Å². The fourth-order valence-corrected chi connectivity index (χ4v) is 1.59. The number of carboxylic acid groups (broad SMARTS) is 1. The minimum Gasteiger partial charge on any atom is -0.481 e. The highest BCUT2D eigenvalue weighted by Gasteiger charge is 2.17. The average molecular weight is 258 g/mol. The molecule has 98 valence electrons. The number of ether oxygens (including phenoxy) is 1. The van der Waals surface area contributed by atoms with Gasteiger partial charge in [0.05, 0.1) is 6.42 Å². The van der Waals surface area contributed by atoms with Crippen LogP contribution in [0.4, 0.5) is 8.78 Å². The van der Waals surface area contributed by atoms with Crippen molar-refractivity contribution in [3.8, 4) is 5.75 Å². The van der Waals surface area contributed by atoms with E-state index in [4.69, 9.17) is 5.11 Å². The van der Waals surface area contributed by atoms with E-state index in [1.807, 2.05) is 0 Å². The van der Waals surface area contributed by atoms with Crippen LogP contribution in [0.25, 0.3) is 0 Å². The number of ketones is 1. The van der Waals surface area contributed by atoms with Gasteiger partial charge >= 0.3 is 12.6 Å². The lowest BCUT2D eigenvalue weighted by Gasteiger charge is -2.13. The van der Waals surface area contributed by atoms with Gasteiger partial charge in [-0.1, -0.05) is 18.2 Å². The standard InChI is InChI=1S/C12H12F2O4/c1-7(15)5-8-3-2-4-9(6-10(16)17)11(8)18-12(13)14/h2-4,12H,5-6H2,1H3,(H,16,17). The molecule has 0 aliphatic heterocycles. The van der Waals surface area contributed by atoms with Crippen molar-refractivity contribution < 1.29 is 28.2 Å². The van der Waals surface area contributed by atoms with Gasteiger partial charge in [0.1, 0.15) is 11.5 Å². The van der Waals surface area contributed by atoms with Gasteiger partial charge in [0, 0.05) is 17.5 Å². The van der Waals surface area contributed by atoms with Crippen molar-refractivity contribution >= 4 is 11.8 Å². The Labute approximate surface area is 102 Å². The Morgan fingerprint density at radius 2 is 1.83 bits per heavy atom. The summed E-state index contributed by atoms with van der Waals surface area (Å²) in [6, 6.07) is 4.36. The Bertz CT molecular complexity index is 423. The molecule has 0 unspecified atom stereocenters. The number of carboxylic acids is 1. The van der Waals surface area contributed by atoms with Crippen LogP contribution in [0.3, 0.4) is 0 Å². The molecule has 1 aromatic rings. The van der Waals surface area contributed by atoms with Gasteiger partial charge < -0.3 is 9.84 Å². The van der Waals surface area contributed by atoms with Gasteiger partial charge in [-0.25, -0.2) is 0 Å². The fraction of sp³-hybridized carbons (Fsp3) is 0.333. The van der Waals surface area contributed by atoms with Crippen molar-refractivity contribution in [3.05, 3.63) is 29.3 Å². The molecule has 1 N–H and O–H groups in total. The van der Waals surface area contributed by atoms with Crippen LogP contribution < -0.4 is 4.74 Å². The Hall–Kier alpha value is -1.98. The van der Waals surface area contributed by atoms with E-state index in [2.05, 4.69) is 4.74 Å². The number of benzene rings is 1. The second kappa shape index (κ2) is 6.09. The summed E-state index contributed by atoms with van der Waals surface area (Å²) in [5.41, 5.74) is 0.392. The second-order valence-corrected chi connectivity index (χ2v) is 3.73. The second-order valence-electron chi connectivity index (χ2n) is 3.73. The molecule has 0 spiro atoms. The molecule has 6 heteroatoms. The third-order valence-corrected chi connectivity index (χ3v) is 2.17.